The summed E-state index contributed by atoms with van der Waals surface area (Å²) in [4.78, 5) is 27.2. The van der Waals surface area contributed by atoms with Crippen LogP contribution in [0.4, 0.5) is 0 Å². The number of carbonyl (C=O) groups excluding carboxylic acids is 1. The summed E-state index contributed by atoms with van der Waals surface area (Å²) in [5.74, 6) is 1.54. The molecule has 2 aliphatic rings. The Balaban J connectivity index is 1.82. The van der Waals surface area contributed by atoms with E-state index in [1.165, 1.54) is 0 Å². The molecule has 0 bridgehead atoms. The van der Waals surface area contributed by atoms with Crippen molar-refractivity contribution in [3.05, 3.63) is 0 Å². The summed E-state index contributed by atoms with van der Waals surface area (Å²) in [5.41, 5.74) is 0. The molecule has 1 saturated heterocycles. The van der Waals surface area contributed by atoms with E-state index in [9.17, 15) is 9.59 Å². The van der Waals surface area contributed by atoms with Crippen LogP contribution in [0.3, 0.4) is 0 Å². The predicted octanol–water partition coefficient (Wildman–Crippen LogP) is 0.265. The molecule has 0 aromatic heterocycles. The molecule has 2 fully saturated rings. The maximum Gasteiger partial charge on any atom is 0.306 e. The molecule has 0 radical (unpaired) electrons. The monoisotopic (exact) mass is 264 g/mol. The molecular formula is C14H20N2O3. The van der Waals surface area contributed by atoms with Crippen molar-refractivity contribution in [2.45, 2.75) is 19.3 Å². The molecule has 2 rings (SSSR count). The predicted molar refractivity (Wildman–Crippen MR) is 70.3 cm³/mol. The Kier molecular flexibility index (Phi) is 4.43. The molecule has 1 saturated carbocycles. The van der Waals surface area contributed by atoms with Crippen molar-refractivity contribution in [3.63, 3.8) is 0 Å². The number of amides is 1. The second-order valence-electron chi connectivity index (χ2n) is 5.35. The smallest absolute Gasteiger partial charge is 0.306 e. The van der Waals surface area contributed by atoms with Crippen molar-refractivity contribution in [1.29, 1.82) is 0 Å². The third-order valence-electron chi connectivity index (χ3n) is 4.13. The van der Waals surface area contributed by atoms with Gasteiger partial charge < -0.3 is 10.0 Å². The first kappa shape index (κ1) is 13.9. The van der Waals surface area contributed by atoms with E-state index in [2.05, 4.69) is 10.8 Å². The molecule has 0 aromatic carbocycles. The summed E-state index contributed by atoms with van der Waals surface area (Å²) in [7, 11) is 0. The SMILES string of the molecule is C#CCN1CCN(C(=O)[C@@H]2CC[C@H](C(=O)O)C2)CC1. The number of carboxylic acid groups (broad SMARTS) is 1. The topological polar surface area (TPSA) is 60.9 Å². The number of hydrogen-bond donors (Lipinski definition) is 1. The van der Waals surface area contributed by atoms with Crippen molar-refractivity contribution in [2.24, 2.45) is 11.8 Å². The van der Waals surface area contributed by atoms with Gasteiger partial charge in [-0.2, -0.15) is 0 Å². The molecule has 2 atom stereocenters. The van der Waals surface area contributed by atoms with Crippen molar-refractivity contribution in [1.82, 2.24) is 9.80 Å². The average Bonchev–Trinajstić information content (AvgIpc) is 2.89. The molecule has 0 aromatic rings. The number of rotatable bonds is 3. The second-order valence-corrected chi connectivity index (χ2v) is 5.35. The van der Waals surface area contributed by atoms with Gasteiger partial charge >= 0.3 is 5.97 Å². The van der Waals surface area contributed by atoms with Crippen molar-refractivity contribution in [3.8, 4) is 12.3 Å². The van der Waals surface area contributed by atoms with Gasteiger partial charge in [0.2, 0.25) is 5.91 Å². The van der Waals surface area contributed by atoms with E-state index in [0.29, 0.717) is 38.9 Å². The Labute approximate surface area is 113 Å². The lowest BCUT2D eigenvalue weighted by atomic mass is 10.0. The third-order valence-corrected chi connectivity index (χ3v) is 4.13. The lowest BCUT2D eigenvalue weighted by Crippen LogP contribution is -2.50. The molecule has 5 heteroatoms. The first-order chi connectivity index (χ1) is 9.11. The number of carbonyl (C=O) groups is 2. The summed E-state index contributed by atoms with van der Waals surface area (Å²) in [6.45, 7) is 3.66. The highest BCUT2D eigenvalue weighted by Gasteiger charge is 2.36. The van der Waals surface area contributed by atoms with Gasteiger partial charge in [0, 0.05) is 32.1 Å². The van der Waals surface area contributed by atoms with Gasteiger partial charge in [0.1, 0.15) is 0 Å². The van der Waals surface area contributed by atoms with Crippen LogP contribution in [0, 0.1) is 24.2 Å². The summed E-state index contributed by atoms with van der Waals surface area (Å²) in [5, 5.41) is 8.97. The molecule has 19 heavy (non-hydrogen) atoms. The summed E-state index contributed by atoms with van der Waals surface area (Å²) < 4.78 is 0. The zero-order valence-corrected chi connectivity index (χ0v) is 11.0. The second kappa shape index (κ2) is 6.07. The van der Waals surface area contributed by atoms with Gasteiger partial charge in [-0.1, -0.05) is 5.92 Å². The van der Waals surface area contributed by atoms with Crippen LogP contribution in [0.25, 0.3) is 0 Å². The number of aliphatic carboxylic acids is 1. The van der Waals surface area contributed by atoms with E-state index >= 15 is 0 Å². The van der Waals surface area contributed by atoms with Crippen molar-refractivity contribution in [2.75, 3.05) is 32.7 Å². The fourth-order valence-electron chi connectivity index (χ4n) is 2.94. The van der Waals surface area contributed by atoms with Gasteiger partial charge in [-0.25, -0.2) is 0 Å². The number of piperazine rings is 1. The maximum absolute atomic E-state index is 12.3. The Morgan fingerprint density at radius 1 is 1.16 bits per heavy atom. The standard InChI is InChI=1S/C14H20N2O3/c1-2-5-15-6-8-16(9-7-15)13(17)11-3-4-12(10-11)14(18)19/h1,11-12H,3-10H2,(H,18,19)/t11-,12+/m1/s1. The fourth-order valence-corrected chi connectivity index (χ4v) is 2.94. The van der Waals surface area contributed by atoms with Crippen LogP contribution in [0.15, 0.2) is 0 Å². The van der Waals surface area contributed by atoms with Crippen LogP contribution in [0.5, 0.6) is 0 Å². The van der Waals surface area contributed by atoms with E-state index in [1.54, 1.807) is 0 Å². The minimum atomic E-state index is -0.769. The zero-order valence-electron chi connectivity index (χ0n) is 11.0. The summed E-state index contributed by atoms with van der Waals surface area (Å²) in [6.07, 6.45) is 7.10. The molecule has 0 unspecified atom stereocenters. The molecule has 1 N–H and O–H groups in total. The Morgan fingerprint density at radius 2 is 1.79 bits per heavy atom. The van der Waals surface area contributed by atoms with Gasteiger partial charge in [0.05, 0.1) is 12.5 Å². The van der Waals surface area contributed by atoms with Crippen LogP contribution in [0.2, 0.25) is 0 Å². The van der Waals surface area contributed by atoms with Gasteiger partial charge in [-0.15, -0.1) is 6.42 Å². The van der Waals surface area contributed by atoms with Crippen LogP contribution in [0.1, 0.15) is 19.3 Å². The van der Waals surface area contributed by atoms with E-state index in [4.69, 9.17) is 11.5 Å². The minimum absolute atomic E-state index is 0.0970. The Morgan fingerprint density at radius 3 is 2.32 bits per heavy atom. The Hall–Kier alpha value is -1.54. The first-order valence-corrected chi connectivity index (χ1v) is 6.79. The maximum atomic E-state index is 12.3. The molecular weight excluding hydrogens is 244 g/mol. The average molecular weight is 264 g/mol. The van der Waals surface area contributed by atoms with Crippen LogP contribution >= 0.6 is 0 Å². The van der Waals surface area contributed by atoms with Gasteiger partial charge in [-0.3, -0.25) is 14.5 Å². The molecule has 1 heterocycles. The molecule has 5 nitrogen and oxygen atoms in total. The largest absolute Gasteiger partial charge is 0.481 e. The molecule has 0 spiro atoms. The molecule has 1 amide bonds. The van der Waals surface area contributed by atoms with Gasteiger partial charge in [0.25, 0.3) is 0 Å². The summed E-state index contributed by atoms with van der Waals surface area (Å²) >= 11 is 0. The fraction of sp³-hybridized carbons (Fsp3) is 0.714. The third kappa shape index (κ3) is 3.27. The van der Waals surface area contributed by atoms with Gasteiger partial charge in [0.15, 0.2) is 0 Å². The van der Waals surface area contributed by atoms with E-state index in [1.807, 2.05) is 4.90 Å². The highest BCUT2D eigenvalue weighted by Crippen LogP contribution is 2.32. The number of terminal acetylenes is 1. The highest BCUT2D eigenvalue weighted by atomic mass is 16.4. The summed E-state index contributed by atoms with van der Waals surface area (Å²) in [6, 6.07) is 0. The zero-order chi connectivity index (χ0) is 13.8. The van der Waals surface area contributed by atoms with Crippen molar-refractivity contribution >= 4 is 11.9 Å². The number of hydrogen-bond acceptors (Lipinski definition) is 3. The molecule has 104 valence electrons. The molecule has 1 aliphatic heterocycles. The van der Waals surface area contributed by atoms with Crippen LogP contribution < -0.4 is 0 Å². The Bertz CT molecular complexity index is 394. The van der Waals surface area contributed by atoms with E-state index in [-0.39, 0.29) is 17.7 Å². The molecule has 1 aliphatic carbocycles. The van der Waals surface area contributed by atoms with E-state index < -0.39 is 5.97 Å². The first-order valence-electron chi connectivity index (χ1n) is 6.79. The van der Waals surface area contributed by atoms with Crippen LogP contribution in [-0.4, -0.2) is 59.5 Å². The number of nitrogens with zero attached hydrogens (tertiary/aromatic N) is 2. The van der Waals surface area contributed by atoms with Gasteiger partial charge in [-0.05, 0) is 19.3 Å². The van der Waals surface area contributed by atoms with Crippen molar-refractivity contribution < 1.29 is 14.7 Å². The number of carboxylic acids is 1. The van der Waals surface area contributed by atoms with E-state index in [0.717, 1.165) is 13.1 Å². The lowest BCUT2D eigenvalue weighted by molar-refractivity contribution is -0.141. The highest BCUT2D eigenvalue weighted by molar-refractivity contribution is 5.81. The minimum Gasteiger partial charge on any atom is -0.481 e. The van der Waals surface area contributed by atoms with Crippen LogP contribution in [-0.2, 0) is 9.59 Å². The quantitative estimate of drug-likeness (QED) is 0.743. The lowest BCUT2D eigenvalue weighted by Gasteiger charge is -2.35. The normalized spacial score (nSPS) is 28.1.